The highest BCUT2D eigenvalue weighted by Crippen LogP contribution is 2.17. The monoisotopic (exact) mass is 251 g/mol. The summed E-state index contributed by atoms with van der Waals surface area (Å²) in [5.41, 5.74) is 0. The standard InChI is InChI=1S/C13H21N3O2/c1-10-9-12(16-18-10)15-13(17)14-11-7-5-3-2-4-6-8-11/h9,11H,2-8H2,1H3,(H2,14,15,16,17). The summed E-state index contributed by atoms with van der Waals surface area (Å²) in [6.07, 6.45) is 8.44. The van der Waals surface area contributed by atoms with Crippen molar-refractivity contribution in [2.24, 2.45) is 0 Å². The quantitative estimate of drug-likeness (QED) is 0.848. The van der Waals surface area contributed by atoms with Crippen molar-refractivity contribution >= 4 is 11.8 Å². The van der Waals surface area contributed by atoms with Gasteiger partial charge in [-0.15, -0.1) is 0 Å². The van der Waals surface area contributed by atoms with Gasteiger partial charge in [0.1, 0.15) is 5.76 Å². The fourth-order valence-corrected chi connectivity index (χ4v) is 2.36. The van der Waals surface area contributed by atoms with Crippen LogP contribution in [0.15, 0.2) is 10.6 Å². The van der Waals surface area contributed by atoms with Crippen molar-refractivity contribution < 1.29 is 9.32 Å². The van der Waals surface area contributed by atoms with Crippen LogP contribution in [0.2, 0.25) is 0 Å². The molecular formula is C13H21N3O2. The number of hydrogen-bond donors (Lipinski definition) is 2. The molecule has 1 aromatic rings. The number of carbonyl (C=O) groups is 1. The molecule has 5 heteroatoms. The third-order valence-corrected chi connectivity index (χ3v) is 3.31. The molecule has 0 aliphatic heterocycles. The van der Waals surface area contributed by atoms with E-state index in [1.807, 2.05) is 0 Å². The third kappa shape index (κ3) is 4.05. The lowest BCUT2D eigenvalue weighted by atomic mass is 9.97. The molecule has 2 amide bonds. The molecule has 2 rings (SSSR count). The van der Waals surface area contributed by atoms with Gasteiger partial charge in [-0.25, -0.2) is 4.79 Å². The van der Waals surface area contributed by atoms with Crippen LogP contribution in [-0.4, -0.2) is 17.2 Å². The van der Waals surface area contributed by atoms with Crippen molar-refractivity contribution in [1.29, 1.82) is 0 Å². The fourth-order valence-electron chi connectivity index (χ4n) is 2.36. The van der Waals surface area contributed by atoms with Gasteiger partial charge in [0, 0.05) is 12.1 Å². The van der Waals surface area contributed by atoms with Crippen molar-refractivity contribution in [1.82, 2.24) is 10.5 Å². The van der Waals surface area contributed by atoms with Gasteiger partial charge in [0.25, 0.3) is 0 Å². The summed E-state index contributed by atoms with van der Waals surface area (Å²) in [5.74, 6) is 1.16. The largest absolute Gasteiger partial charge is 0.360 e. The van der Waals surface area contributed by atoms with E-state index in [-0.39, 0.29) is 6.03 Å². The molecule has 18 heavy (non-hydrogen) atoms. The maximum atomic E-state index is 11.8. The van der Waals surface area contributed by atoms with Gasteiger partial charge in [-0.1, -0.05) is 37.3 Å². The maximum Gasteiger partial charge on any atom is 0.320 e. The third-order valence-electron chi connectivity index (χ3n) is 3.31. The molecule has 2 N–H and O–H groups in total. The molecule has 0 unspecified atom stereocenters. The first kappa shape index (κ1) is 12.9. The minimum Gasteiger partial charge on any atom is -0.360 e. The first-order chi connectivity index (χ1) is 8.74. The molecule has 0 radical (unpaired) electrons. The zero-order chi connectivity index (χ0) is 12.8. The van der Waals surface area contributed by atoms with E-state index in [1.165, 1.54) is 32.1 Å². The Morgan fingerprint density at radius 1 is 1.28 bits per heavy atom. The van der Waals surface area contributed by atoms with E-state index in [0.717, 1.165) is 12.8 Å². The van der Waals surface area contributed by atoms with E-state index in [4.69, 9.17) is 4.52 Å². The number of amides is 2. The van der Waals surface area contributed by atoms with E-state index >= 15 is 0 Å². The predicted octanol–water partition coefficient (Wildman–Crippen LogP) is 3.22. The average molecular weight is 251 g/mol. The predicted molar refractivity (Wildman–Crippen MR) is 69.5 cm³/mol. The summed E-state index contributed by atoms with van der Waals surface area (Å²) < 4.78 is 4.90. The van der Waals surface area contributed by atoms with Crippen LogP contribution in [0.1, 0.15) is 50.7 Å². The minimum absolute atomic E-state index is 0.186. The van der Waals surface area contributed by atoms with E-state index in [1.54, 1.807) is 13.0 Å². The Labute approximate surface area is 107 Å². The van der Waals surface area contributed by atoms with Crippen molar-refractivity contribution in [2.45, 2.75) is 57.9 Å². The van der Waals surface area contributed by atoms with Crippen LogP contribution < -0.4 is 10.6 Å². The van der Waals surface area contributed by atoms with E-state index in [2.05, 4.69) is 15.8 Å². The first-order valence-corrected chi connectivity index (χ1v) is 6.75. The summed E-state index contributed by atoms with van der Waals surface area (Å²) in [6, 6.07) is 1.81. The molecule has 0 aromatic carbocycles. The van der Waals surface area contributed by atoms with Gasteiger partial charge in [0.15, 0.2) is 5.82 Å². The Hall–Kier alpha value is -1.52. The summed E-state index contributed by atoms with van der Waals surface area (Å²) in [6.45, 7) is 1.80. The van der Waals surface area contributed by atoms with Crippen LogP contribution in [0, 0.1) is 6.92 Å². The minimum atomic E-state index is -0.186. The number of urea groups is 1. The van der Waals surface area contributed by atoms with E-state index < -0.39 is 0 Å². The number of nitrogens with zero attached hydrogens (tertiary/aromatic N) is 1. The number of aryl methyl sites for hydroxylation is 1. The second kappa shape index (κ2) is 6.42. The molecule has 0 atom stereocenters. The summed E-state index contributed by atoms with van der Waals surface area (Å²) in [4.78, 5) is 11.8. The zero-order valence-electron chi connectivity index (χ0n) is 10.9. The molecule has 0 spiro atoms. The topological polar surface area (TPSA) is 67.2 Å². The normalized spacial score (nSPS) is 17.8. The van der Waals surface area contributed by atoms with Crippen LogP contribution in [0.25, 0.3) is 0 Å². The van der Waals surface area contributed by atoms with Gasteiger partial charge in [-0.2, -0.15) is 0 Å². The molecule has 1 heterocycles. The first-order valence-electron chi connectivity index (χ1n) is 6.75. The summed E-state index contributed by atoms with van der Waals surface area (Å²) >= 11 is 0. The average Bonchev–Trinajstić information content (AvgIpc) is 2.67. The molecular weight excluding hydrogens is 230 g/mol. The number of anilines is 1. The van der Waals surface area contributed by atoms with Crippen molar-refractivity contribution in [3.05, 3.63) is 11.8 Å². The van der Waals surface area contributed by atoms with Gasteiger partial charge >= 0.3 is 6.03 Å². The molecule has 0 bridgehead atoms. The van der Waals surface area contributed by atoms with E-state index in [9.17, 15) is 4.79 Å². The van der Waals surface area contributed by atoms with Gasteiger partial charge < -0.3 is 9.84 Å². The SMILES string of the molecule is Cc1cc(NC(=O)NC2CCCCCCC2)no1. The van der Waals surface area contributed by atoms with Crippen LogP contribution in [0.5, 0.6) is 0 Å². The van der Waals surface area contributed by atoms with Crippen LogP contribution in [0.3, 0.4) is 0 Å². The highest BCUT2D eigenvalue weighted by molar-refractivity contribution is 5.88. The van der Waals surface area contributed by atoms with Crippen LogP contribution in [-0.2, 0) is 0 Å². The lowest BCUT2D eigenvalue weighted by Gasteiger charge is -2.20. The molecule has 100 valence electrons. The van der Waals surface area contributed by atoms with Gasteiger partial charge in [0.05, 0.1) is 0 Å². The molecule has 1 aliphatic carbocycles. The molecule has 5 nitrogen and oxygen atoms in total. The Kier molecular flexibility index (Phi) is 4.61. The molecule has 1 aromatic heterocycles. The van der Waals surface area contributed by atoms with Gasteiger partial charge in [-0.05, 0) is 19.8 Å². The second-order valence-electron chi connectivity index (χ2n) is 4.96. The Balaban J connectivity index is 1.78. The Morgan fingerprint density at radius 2 is 1.94 bits per heavy atom. The molecule has 1 aliphatic rings. The van der Waals surface area contributed by atoms with Crippen molar-refractivity contribution in [2.75, 3.05) is 5.32 Å². The smallest absolute Gasteiger partial charge is 0.320 e. The number of hydrogen-bond acceptors (Lipinski definition) is 3. The maximum absolute atomic E-state index is 11.8. The molecule has 1 fully saturated rings. The Bertz CT molecular complexity index is 381. The highest BCUT2D eigenvalue weighted by atomic mass is 16.5. The summed E-state index contributed by atoms with van der Waals surface area (Å²) in [5, 5.41) is 9.44. The number of aromatic nitrogens is 1. The Morgan fingerprint density at radius 3 is 2.56 bits per heavy atom. The number of nitrogens with one attached hydrogen (secondary N) is 2. The highest BCUT2D eigenvalue weighted by Gasteiger charge is 2.14. The van der Waals surface area contributed by atoms with Crippen LogP contribution in [0.4, 0.5) is 10.6 Å². The van der Waals surface area contributed by atoms with Gasteiger partial charge in [-0.3, -0.25) is 5.32 Å². The lowest BCUT2D eigenvalue weighted by Crippen LogP contribution is -2.38. The number of carbonyl (C=O) groups excluding carboxylic acids is 1. The number of rotatable bonds is 2. The molecule has 0 saturated heterocycles. The van der Waals surface area contributed by atoms with Crippen molar-refractivity contribution in [3.8, 4) is 0 Å². The fraction of sp³-hybridized carbons (Fsp3) is 0.692. The van der Waals surface area contributed by atoms with Crippen LogP contribution >= 0.6 is 0 Å². The van der Waals surface area contributed by atoms with Crippen molar-refractivity contribution in [3.63, 3.8) is 0 Å². The van der Waals surface area contributed by atoms with Gasteiger partial charge in [0.2, 0.25) is 0 Å². The zero-order valence-corrected chi connectivity index (χ0v) is 10.9. The molecule has 1 saturated carbocycles. The second-order valence-corrected chi connectivity index (χ2v) is 4.96. The van der Waals surface area contributed by atoms with E-state index in [0.29, 0.717) is 17.6 Å². The summed E-state index contributed by atoms with van der Waals surface area (Å²) in [7, 11) is 0. The lowest BCUT2D eigenvalue weighted by molar-refractivity contribution is 0.245.